The highest BCUT2D eigenvalue weighted by Crippen LogP contribution is 2.29. The smallest absolute Gasteiger partial charge is 0.336 e. The third-order valence-electron chi connectivity index (χ3n) is 8.43. The fraction of sp³-hybridized carbons (Fsp3) is 0.406. The highest BCUT2D eigenvalue weighted by molar-refractivity contribution is 5.98. The molecule has 7 nitrogen and oxygen atoms in total. The van der Waals surface area contributed by atoms with Gasteiger partial charge < -0.3 is 4.90 Å². The Morgan fingerprint density at radius 2 is 1.52 bits per heavy atom. The molecule has 2 aliphatic heterocycles. The van der Waals surface area contributed by atoms with E-state index in [4.69, 9.17) is 5.10 Å². The lowest BCUT2D eigenvalue weighted by atomic mass is 10.0. The average Bonchev–Trinajstić information content (AvgIpc) is 3.42. The second kappa shape index (κ2) is 11.9. The van der Waals surface area contributed by atoms with E-state index in [-0.39, 0.29) is 5.91 Å². The van der Waals surface area contributed by atoms with Crippen molar-refractivity contribution in [3.05, 3.63) is 94.9 Å². The normalized spacial score (nSPS) is 17.7. The number of halogens is 3. The molecular formula is C32H35F3N6O. The van der Waals surface area contributed by atoms with Gasteiger partial charge in [-0.25, -0.2) is 0 Å². The second-order valence-electron chi connectivity index (χ2n) is 11.5. The van der Waals surface area contributed by atoms with E-state index in [9.17, 15) is 18.0 Å². The number of amides is 1. The van der Waals surface area contributed by atoms with E-state index in [1.165, 1.54) is 17.7 Å². The standard InChI is InChI=1S/C32H35F3N6O/c1-23-2-3-25(19-36-23)21-38-12-10-29(11-13-38)41-22-27-18-26(6-9-30(27)37-41)31(42)40-16-14-39(15-17-40)20-24-4-7-28(8-5-24)32(33,34)35/h2-9,18-19,22,29H,10-17,20-21H2,1H3. The molecule has 0 saturated carbocycles. The molecule has 2 aliphatic rings. The Morgan fingerprint density at radius 3 is 2.19 bits per heavy atom. The van der Waals surface area contributed by atoms with Gasteiger partial charge in [0.15, 0.2) is 0 Å². The van der Waals surface area contributed by atoms with E-state index < -0.39 is 11.7 Å². The van der Waals surface area contributed by atoms with E-state index in [2.05, 4.69) is 37.8 Å². The molecule has 6 rings (SSSR count). The van der Waals surface area contributed by atoms with Crippen LogP contribution in [0, 0.1) is 6.92 Å². The number of aryl methyl sites for hydroxylation is 1. The molecule has 4 aromatic rings. The molecular weight excluding hydrogens is 541 g/mol. The maximum Gasteiger partial charge on any atom is 0.416 e. The van der Waals surface area contributed by atoms with Crippen LogP contribution in [0.1, 0.15) is 51.6 Å². The Morgan fingerprint density at radius 1 is 0.857 bits per heavy atom. The molecule has 0 spiro atoms. The van der Waals surface area contributed by atoms with Crippen molar-refractivity contribution in [2.75, 3.05) is 39.3 Å². The number of likely N-dealkylation sites (tertiary alicyclic amines) is 1. The molecule has 0 aliphatic carbocycles. The van der Waals surface area contributed by atoms with E-state index >= 15 is 0 Å². The van der Waals surface area contributed by atoms with Gasteiger partial charge in [0.25, 0.3) is 5.91 Å². The fourth-order valence-electron chi connectivity index (χ4n) is 5.91. The Hall–Kier alpha value is -3.76. The predicted molar refractivity (Wildman–Crippen MR) is 155 cm³/mol. The summed E-state index contributed by atoms with van der Waals surface area (Å²) in [5, 5.41) is 5.80. The minimum absolute atomic E-state index is 0.00210. The van der Waals surface area contributed by atoms with Crippen LogP contribution in [0.2, 0.25) is 0 Å². The monoisotopic (exact) mass is 576 g/mol. The Bertz CT molecular complexity index is 1520. The minimum Gasteiger partial charge on any atom is -0.336 e. The highest BCUT2D eigenvalue weighted by Gasteiger charge is 2.30. The minimum atomic E-state index is -4.33. The van der Waals surface area contributed by atoms with Crippen molar-refractivity contribution in [1.82, 2.24) is 29.5 Å². The number of piperazine rings is 1. The Kier molecular flexibility index (Phi) is 8.00. The third-order valence-corrected chi connectivity index (χ3v) is 8.43. The van der Waals surface area contributed by atoms with Crippen LogP contribution in [-0.4, -0.2) is 74.6 Å². The van der Waals surface area contributed by atoms with Gasteiger partial charge in [-0.2, -0.15) is 18.3 Å². The molecule has 2 saturated heterocycles. The van der Waals surface area contributed by atoms with Crippen molar-refractivity contribution in [1.29, 1.82) is 0 Å². The van der Waals surface area contributed by atoms with E-state index in [0.717, 1.165) is 66.8 Å². The van der Waals surface area contributed by atoms with Crippen molar-refractivity contribution in [2.24, 2.45) is 0 Å². The van der Waals surface area contributed by atoms with Crippen molar-refractivity contribution >= 4 is 16.8 Å². The van der Waals surface area contributed by atoms with Crippen LogP contribution in [-0.2, 0) is 19.3 Å². The zero-order valence-electron chi connectivity index (χ0n) is 23.7. The van der Waals surface area contributed by atoms with Gasteiger partial charge in [0.2, 0.25) is 0 Å². The van der Waals surface area contributed by atoms with Gasteiger partial charge in [0, 0.05) is 81.4 Å². The number of benzene rings is 2. The molecule has 2 aromatic heterocycles. The van der Waals surface area contributed by atoms with Gasteiger partial charge in [-0.15, -0.1) is 0 Å². The van der Waals surface area contributed by atoms with Crippen LogP contribution in [0.25, 0.3) is 10.9 Å². The summed E-state index contributed by atoms with van der Waals surface area (Å²) in [4.78, 5) is 24.2. The average molecular weight is 577 g/mol. The predicted octanol–water partition coefficient (Wildman–Crippen LogP) is 5.55. The van der Waals surface area contributed by atoms with E-state index in [1.807, 2.05) is 36.2 Å². The zero-order valence-corrected chi connectivity index (χ0v) is 23.7. The molecule has 220 valence electrons. The van der Waals surface area contributed by atoms with Crippen LogP contribution in [0.15, 0.2) is 67.0 Å². The third kappa shape index (κ3) is 6.50. The summed E-state index contributed by atoms with van der Waals surface area (Å²) in [6, 6.07) is 15.6. The lowest BCUT2D eigenvalue weighted by Gasteiger charge is -2.34. The number of pyridine rings is 1. The van der Waals surface area contributed by atoms with Crippen molar-refractivity contribution in [3.63, 3.8) is 0 Å². The number of hydrogen-bond acceptors (Lipinski definition) is 5. The summed E-state index contributed by atoms with van der Waals surface area (Å²) in [5.74, 6) is -0.00210. The highest BCUT2D eigenvalue weighted by atomic mass is 19.4. The zero-order chi connectivity index (χ0) is 29.3. The first kappa shape index (κ1) is 28.4. The quantitative estimate of drug-likeness (QED) is 0.301. The number of piperidine rings is 1. The molecule has 0 N–H and O–H groups in total. The SMILES string of the molecule is Cc1ccc(CN2CCC(n3cc4cc(C(=O)N5CCN(Cc6ccc(C(F)(F)F)cc6)CC5)ccc4n3)CC2)cn1. The number of nitrogens with zero attached hydrogens (tertiary/aromatic N) is 6. The molecule has 4 heterocycles. The van der Waals surface area contributed by atoms with Gasteiger partial charge in [-0.1, -0.05) is 18.2 Å². The van der Waals surface area contributed by atoms with E-state index in [0.29, 0.717) is 44.3 Å². The molecule has 0 unspecified atom stereocenters. The Labute approximate surface area is 243 Å². The van der Waals surface area contributed by atoms with Crippen molar-refractivity contribution < 1.29 is 18.0 Å². The molecule has 0 atom stereocenters. The van der Waals surface area contributed by atoms with Crippen LogP contribution in [0.3, 0.4) is 0 Å². The summed E-state index contributed by atoms with van der Waals surface area (Å²) in [5.41, 5.74) is 4.01. The van der Waals surface area contributed by atoms with Crippen LogP contribution in [0.5, 0.6) is 0 Å². The first-order valence-electron chi connectivity index (χ1n) is 14.5. The largest absolute Gasteiger partial charge is 0.416 e. The molecule has 10 heteroatoms. The topological polar surface area (TPSA) is 57.5 Å². The summed E-state index contributed by atoms with van der Waals surface area (Å²) in [7, 11) is 0. The van der Waals surface area contributed by atoms with Crippen LogP contribution < -0.4 is 0 Å². The van der Waals surface area contributed by atoms with Gasteiger partial charge in [-0.3, -0.25) is 24.3 Å². The molecule has 2 aromatic carbocycles. The van der Waals surface area contributed by atoms with E-state index in [1.54, 1.807) is 0 Å². The van der Waals surface area contributed by atoms with Gasteiger partial charge in [-0.05, 0) is 67.3 Å². The number of alkyl halides is 3. The lowest BCUT2D eigenvalue weighted by molar-refractivity contribution is -0.137. The van der Waals surface area contributed by atoms with Gasteiger partial charge in [0.1, 0.15) is 0 Å². The Balaban J connectivity index is 1.02. The molecule has 2 fully saturated rings. The number of hydrogen-bond donors (Lipinski definition) is 0. The summed E-state index contributed by atoms with van der Waals surface area (Å²) < 4.78 is 40.6. The maximum absolute atomic E-state index is 13.3. The van der Waals surface area contributed by atoms with Gasteiger partial charge in [0.05, 0.1) is 17.1 Å². The molecule has 1 amide bonds. The maximum atomic E-state index is 13.3. The molecule has 0 bridgehead atoms. The number of rotatable bonds is 6. The summed E-state index contributed by atoms with van der Waals surface area (Å²) in [6.45, 7) is 7.98. The molecule has 0 radical (unpaired) electrons. The summed E-state index contributed by atoms with van der Waals surface area (Å²) >= 11 is 0. The van der Waals surface area contributed by atoms with Crippen molar-refractivity contribution in [2.45, 2.75) is 45.1 Å². The fourth-order valence-corrected chi connectivity index (χ4v) is 5.91. The number of aromatic nitrogens is 3. The number of carbonyl (C=O) groups excluding carboxylic acids is 1. The number of fused-ring (bicyclic) bond motifs is 1. The van der Waals surface area contributed by atoms with Crippen LogP contribution >= 0.6 is 0 Å². The molecule has 42 heavy (non-hydrogen) atoms. The first-order chi connectivity index (χ1) is 20.2. The lowest BCUT2D eigenvalue weighted by Crippen LogP contribution is -2.48. The van der Waals surface area contributed by atoms with Gasteiger partial charge >= 0.3 is 6.18 Å². The second-order valence-corrected chi connectivity index (χ2v) is 11.5. The van der Waals surface area contributed by atoms with Crippen molar-refractivity contribution in [3.8, 4) is 0 Å². The first-order valence-corrected chi connectivity index (χ1v) is 14.5. The van der Waals surface area contributed by atoms with Crippen LogP contribution in [0.4, 0.5) is 13.2 Å². The summed E-state index contributed by atoms with van der Waals surface area (Å²) in [6.07, 6.45) is 1.75. The number of carbonyl (C=O) groups is 1.